The fraction of sp³-hybridized carbons (Fsp3) is 0.270. The van der Waals surface area contributed by atoms with Crippen molar-refractivity contribution in [2.24, 2.45) is 5.92 Å². The molecule has 4 aromatic rings. The van der Waals surface area contributed by atoms with Crippen LogP contribution >= 0.6 is 11.6 Å². The highest BCUT2D eigenvalue weighted by Gasteiger charge is 2.28. The predicted octanol–water partition coefficient (Wildman–Crippen LogP) is 8.08. The first kappa shape index (κ1) is 34.6. The largest absolute Gasteiger partial charge is 0.326 e. The summed E-state index contributed by atoms with van der Waals surface area (Å²) in [5.74, 6) is -1.89. The molecule has 0 aromatic heterocycles. The van der Waals surface area contributed by atoms with Gasteiger partial charge in [0.1, 0.15) is 0 Å². The molecule has 1 atom stereocenters. The first-order valence-electron chi connectivity index (χ1n) is 15.4. The number of carbonyl (C=O) groups excluding carboxylic acids is 3. The van der Waals surface area contributed by atoms with Gasteiger partial charge in [0.15, 0.2) is 5.78 Å². The SMILES string of the molecule is CCCCC(=O)Nc1ccc(-c2ccc(C(=O)CC(CCc3ccccc3)C(=O)NS(=O)(=O)c3ccc(C)c(Cl)c3)c(C)c2)cc1. The lowest BCUT2D eigenvalue weighted by molar-refractivity contribution is -0.123. The van der Waals surface area contributed by atoms with E-state index in [4.69, 9.17) is 11.6 Å². The normalized spacial score (nSPS) is 11.9. The van der Waals surface area contributed by atoms with Gasteiger partial charge >= 0.3 is 0 Å². The van der Waals surface area contributed by atoms with E-state index in [2.05, 4.69) is 10.0 Å². The number of unbranched alkanes of at least 4 members (excludes halogenated alkanes) is 1. The van der Waals surface area contributed by atoms with Crippen LogP contribution in [0.3, 0.4) is 0 Å². The molecule has 0 heterocycles. The van der Waals surface area contributed by atoms with Crippen LogP contribution in [-0.4, -0.2) is 26.0 Å². The monoisotopic (exact) mass is 658 g/mol. The van der Waals surface area contributed by atoms with Crippen molar-refractivity contribution in [1.29, 1.82) is 0 Å². The van der Waals surface area contributed by atoms with Crippen molar-refractivity contribution < 1.29 is 22.8 Å². The van der Waals surface area contributed by atoms with Gasteiger partial charge in [-0.1, -0.05) is 91.7 Å². The fourth-order valence-electron chi connectivity index (χ4n) is 5.12. The Morgan fingerprint density at radius 2 is 1.52 bits per heavy atom. The van der Waals surface area contributed by atoms with Gasteiger partial charge in [-0.3, -0.25) is 14.4 Å². The molecule has 46 heavy (non-hydrogen) atoms. The van der Waals surface area contributed by atoms with Crippen LogP contribution in [-0.2, 0) is 26.0 Å². The number of hydrogen-bond acceptors (Lipinski definition) is 5. The summed E-state index contributed by atoms with van der Waals surface area (Å²) in [4.78, 5) is 39.0. The summed E-state index contributed by atoms with van der Waals surface area (Å²) in [6.45, 7) is 5.63. The third kappa shape index (κ3) is 9.37. The van der Waals surface area contributed by atoms with Crippen LogP contribution < -0.4 is 10.0 Å². The average molecular weight is 659 g/mol. The van der Waals surface area contributed by atoms with Gasteiger partial charge in [-0.15, -0.1) is 0 Å². The molecule has 0 aliphatic rings. The minimum absolute atomic E-state index is 0.0128. The minimum Gasteiger partial charge on any atom is -0.326 e. The maximum atomic E-state index is 13.6. The highest BCUT2D eigenvalue weighted by Crippen LogP contribution is 2.27. The van der Waals surface area contributed by atoms with Gasteiger partial charge in [0.2, 0.25) is 11.8 Å². The van der Waals surface area contributed by atoms with E-state index < -0.39 is 21.8 Å². The van der Waals surface area contributed by atoms with Crippen molar-refractivity contribution >= 4 is 44.9 Å². The van der Waals surface area contributed by atoms with Crippen molar-refractivity contribution in [2.75, 3.05) is 5.32 Å². The summed E-state index contributed by atoms with van der Waals surface area (Å²) in [5, 5.41) is 3.18. The minimum atomic E-state index is -4.20. The second-order valence-electron chi connectivity index (χ2n) is 11.5. The standard InChI is InChI=1S/C37H39ClN2O5S/c1-4-5-11-36(42)39-31-18-15-28(16-19-31)29-17-21-33(26(3)22-29)35(41)23-30(14-13-27-9-7-6-8-10-27)37(43)40-46(44,45)32-20-12-25(2)34(38)24-32/h6-10,12,15-22,24,30H,4-5,11,13-14,23H2,1-3H3,(H,39,42)(H,40,43). The molecule has 4 rings (SSSR count). The molecule has 0 saturated heterocycles. The molecule has 0 aliphatic carbocycles. The zero-order valence-electron chi connectivity index (χ0n) is 26.3. The molecular formula is C37H39ClN2O5S. The summed E-state index contributed by atoms with van der Waals surface area (Å²) in [6.07, 6.45) is 2.90. The third-order valence-corrected chi connectivity index (χ3v) is 9.65. The van der Waals surface area contributed by atoms with E-state index in [1.807, 2.05) is 80.6 Å². The van der Waals surface area contributed by atoms with Gasteiger partial charge in [0, 0.05) is 35.0 Å². The maximum absolute atomic E-state index is 13.6. The summed E-state index contributed by atoms with van der Waals surface area (Å²) in [6, 6.07) is 26.8. The molecule has 0 fully saturated rings. The summed E-state index contributed by atoms with van der Waals surface area (Å²) < 4.78 is 28.4. The number of nitrogens with one attached hydrogen (secondary N) is 2. The van der Waals surface area contributed by atoms with Crippen molar-refractivity contribution in [3.8, 4) is 11.1 Å². The molecule has 2 N–H and O–H groups in total. The van der Waals surface area contributed by atoms with Crippen LogP contribution in [0.2, 0.25) is 5.02 Å². The van der Waals surface area contributed by atoms with E-state index in [1.54, 1.807) is 19.1 Å². The first-order valence-corrected chi connectivity index (χ1v) is 17.2. The number of ketones is 1. The lowest BCUT2D eigenvalue weighted by atomic mass is 9.89. The third-order valence-electron chi connectivity index (χ3n) is 7.90. The van der Waals surface area contributed by atoms with Gasteiger partial charge in [0.25, 0.3) is 10.0 Å². The molecule has 0 bridgehead atoms. The summed E-state index contributed by atoms with van der Waals surface area (Å²) in [7, 11) is -4.20. The maximum Gasteiger partial charge on any atom is 0.264 e. The van der Waals surface area contributed by atoms with Crippen LogP contribution in [0.1, 0.15) is 66.1 Å². The topological polar surface area (TPSA) is 109 Å². The van der Waals surface area contributed by atoms with Crippen LogP contribution in [0.25, 0.3) is 11.1 Å². The molecular weight excluding hydrogens is 620 g/mol. The number of sulfonamides is 1. The van der Waals surface area contributed by atoms with Gasteiger partial charge in [-0.2, -0.15) is 0 Å². The Kier molecular flexibility index (Phi) is 11.9. The molecule has 0 aliphatic heterocycles. The van der Waals surface area contributed by atoms with E-state index in [1.165, 1.54) is 12.1 Å². The molecule has 0 saturated carbocycles. The molecule has 1 unspecified atom stereocenters. The van der Waals surface area contributed by atoms with Crippen molar-refractivity contribution in [3.05, 3.63) is 118 Å². The van der Waals surface area contributed by atoms with E-state index in [0.717, 1.165) is 40.8 Å². The van der Waals surface area contributed by atoms with Gasteiger partial charge in [-0.05, 0) is 85.2 Å². The van der Waals surface area contributed by atoms with Crippen LogP contribution in [0.5, 0.6) is 0 Å². The van der Waals surface area contributed by atoms with E-state index >= 15 is 0 Å². The second kappa shape index (κ2) is 15.8. The zero-order chi connectivity index (χ0) is 33.3. The molecule has 2 amide bonds. The number of carbonyl (C=O) groups is 3. The Hall–Kier alpha value is -4.27. The van der Waals surface area contributed by atoms with Crippen LogP contribution in [0, 0.1) is 19.8 Å². The van der Waals surface area contributed by atoms with Gasteiger partial charge < -0.3 is 5.32 Å². The molecule has 240 valence electrons. The van der Waals surface area contributed by atoms with Crippen molar-refractivity contribution in [3.63, 3.8) is 0 Å². The Balaban J connectivity index is 1.50. The summed E-state index contributed by atoms with van der Waals surface area (Å²) in [5.41, 5.74) is 5.45. The summed E-state index contributed by atoms with van der Waals surface area (Å²) >= 11 is 6.14. The number of hydrogen-bond donors (Lipinski definition) is 2. The van der Waals surface area contributed by atoms with Crippen molar-refractivity contribution in [2.45, 2.75) is 64.2 Å². The smallest absolute Gasteiger partial charge is 0.264 e. The Bertz CT molecular complexity index is 1810. The quantitative estimate of drug-likeness (QED) is 0.133. The van der Waals surface area contributed by atoms with E-state index in [9.17, 15) is 22.8 Å². The number of Topliss-reactive ketones (excluding diaryl/α,β-unsaturated/α-hetero) is 1. The Labute approximate surface area is 276 Å². The molecule has 0 spiro atoms. The van der Waals surface area contributed by atoms with Crippen molar-refractivity contribution in [1.82, 2.24) is 4.72 Å². The number of benzene rings is 4. The number of anilines is 1. The Morgan fingerprint density at radius 3 is 2.17 bits per heavy atom. The first-order chi connectivity index (χ1) is 22.0. The highest BCUT2D eigenvalue weighted by molar-refractivity contribution is 7.90. The number of aryl methyl sites for hydroxylation is 3. The molecule has 0 radical (unpaired) electrons. The number of amides is 2. The molecule has 4 aromatic carbocycles. The number of rotatable bonds is 14. The van der Waals surface area contributed by atoms with E-state index in [0.29, 0.717) is 24.0 Å². The van der Waals surface area contributed by atoms with Crippen LogP contribution in [0.4, 0.5) is 5.69 Å². The predicted molar refractivity (Wildman–Crippen MR) is 183 cm³/mol. The Morgan fingerprint density at radius 1 is 0.826 bits per heavy atom. The van der Waals surface area contributed by atoms with E-state index in [-0.39, 0.29) is 34.5 Å². The lowest BCUT2D eigenvalue weighted by Gasteiger charge is -2.18. The zero-order valence-corrected chi connectivity index (χ0v) is 27.9. The number of halogens is 1. The fourth-order valence-corrected chi connectivity index (χ4v) is 6.44. The van der Waals surface area contributed by atoms with Gasteiger partial charge in [0.05, 0.1) is 4.90 Å². The second-order valence-corrected chi connectivity index (χ2v) is 13.6. The van der Waals surface area contributed by atoms with Gasteiger partial charge in [-0.25, -0.2) is 13.1 Å². The molecule has 9 heteroatoms. The van der Waals surface area contributed by atoms with Crippen LogP contribution in [0.15, 0.2) is 95.9 Å². The highest BCUT2D eigenvalue weighted by atomic mass is 35.5. The lowest BCUT2D eigenvalue weighted by Crippen LogP contribution is -2.37. The average Bonchev–Trinajstić information content (AvgIpc) is 3.03. The molecule has 7 nitrogen and oxygen atoms in total.